The van der Waals surface area contributed by atoms with Crippen LogP contribution >= 0.6 is 0 Å². The minimum atomic E-state index is 0.251. The van der Waals surface area contributed by atoms with E-state index in [1.807, 2.05) is 6.20 Å². The number of hydrogen-bond acceptors (Lipinski definition) is 2. The molecule has 0 fully saturated rings. The van der Waals surface area contributed by atoms with E-state index in [1.165, 1.54) is 5.69 Å². The zero-order valence-corrected chi connectivity index (χ0v) is 12.7. The number of rotatable bonds is 8. The van der Waals surface area contributed by atoms with Gasteiger partial charge in [0.1, 0.15) is 0 Å². The van der Waals surface area contributed by atoms with Gasteiger partial charge < -0.3 is 5.32 Å². The zero-order valence-electron chi connectivity index (χ0n) is 12.7. The van der Waals surface area contributed by atoms with Crippen molar-refractivity contribution in [2.75, 3.05) is 6.54 Å². The second kappa shape index (κ2) is 6.93. The summed E-state index contributed by atoms with van der Waals surface area (Å²) in [5, 5.41) is 8.16. The lowest BCUT2D eigenvalue weighted by molar-refractivity contribution is 0.223. The van der Waals surface area contributed by atoms with E-state index in [1.54, 1.807) is 0 Å². The van der Waals surface area contributed by atoms with Crippen LogP contribution in [0.5, 0.6) is 0 Å². The van der Waals surface area contributed by atoms with Gasteiger partial charge in [-0.05, 0) is 37.3 Å². The van der Waals surface area contributed by atoms with Crippen LogP contribution in [0.2, 0.25) is 0 Å². The molecule has 0 spiro atoms. The quantitative estimate of drug-likeness (QED) is 0.762. The summed E-state index contributed by atoms with van der Waals surface area (Å²) in [4.78, 5) is 0. The summed E-state index contributed by atoms with van der Waals surface area (Å²) in [6.07, 6.45) is 5.38. The molecule has 104 valence electrons. The molecule has 0 saturated carbocycles. The van der Waals surface area contributed by atoms with Crippen molar-refractivity contribution in [1.29, 1.82) is 0 Å². The number of aromatic nitrogens is 2. The first kappa shape index (κ1) is 15.2. The third kappa shape index (κ3) is 3.58. The lowest BCUT2D eigenvalue weighted by Crippen LogP contribution is -2.36. The fraction of sp³-hybridized carbons (Fsp3) is 0.800. The lowest BCUT2D eigenvalue weighted by Gasteiger charge is -2.34. The van der Waals surface area contributed by atoms with Crippen molar-refractivity contribution in [3.05, 3.63) is 18.0 Å². The molecular formula is C15H29N3. The average Bonchev–Trinajstić information content (AvgIpc) is 2.78. The summed E-state index contributed by atoms with van der Waals surface area (Å²) in [5.74, 6) is 0. The molecule has 1 unspecified atom stereocenters. The predicted molar refractivity (Wildman–Crippen MR) is 77.6 cm³/mol. The molecule has 3 nitrogen and oxygen atoms in total. The van der Waals surface area contributed by atoms with Crippen LogP contribution in [-0.4, -0.2) is 16.3 Å². The van der Waals surface area contributed by atoms with Crippen molar-refractivity contribution < 1.29 is 0 Å². The first-order valence-corrected chi connectivity index (χ1v) is 7.31. The predicted octanol–water partition coefficient (Wildman–Crippen LogP) is 3.77. The van der Waals surface area contributed by atoms with Gasteiger partial charge in [-0.3, -0.25) is 4.68 Å². The van der Waals surface area contributed by atoms with E-state index in [-0.39, 0.29) is 5.41 Å². The van der Waals surface area contributed by atoms with Crippen LogP contribution in [0.3, 0.4) is 0 Å². The van der Waals surface area contributed by atoms with Crippen LogP contribution in [0, 0.1) is 5.41 Å². The molecule has 1 aromatic rings. The van der Waals surface area contributed by atoms with Crippen LogP contribution < -0.4 is 5.32 Å². The van der Waals surface area contributed by atoms with E-state index >= 15 is 0 Å². The molecule has 0 radical (unpaired) electrons. The van der Waals surface area contributed by atoms with Crippen LogP contribution in [0.1, 0.15) is 65.6 Å². The van der Waals surface area contributed by atoms with E-state index in [4.69, 9.17) is 0 Å². The highest BCUT2D eigenvalue weighted by Gasteiger charge is 2.30. The topological polar surface area (TPSA) is 29.9 Å². The summed E-state index contributed by atoms with van der Waals surface area (Å²) in [6, 6.07) is 2.55. The molecule has 1 aromatic heterocycles. The maximum atomic E-state index is 4.46. The molecule has 1 atom stereocenters. The van der Waals surface area contributed by atoms with Crippen molar-refractivity contribution in [1.82, 2.24) is 15.1 Å². The van der Waals surface area contributed by atoms with Gasteiger partial charge in [0, 0.05) is 12.7 Å². The Kier molecular flexibility index (Phi) is 5.86. The molecule has 18 heavy (non-hydrogen) atoms. The van der Waals surface area contributed by atoms with Gasteiger partial charge in [0.15, 0.2) is 0 Å². The van der Waals surface area contributed by atoms with Crippen LogP contribution in [-0.2, 0) is 6.54 Å². The maximum absolute atomic E-state index is 4.46. The monoisotopic (exact) mass is 251 g/mol. The van der Waals surface area contributed by atoms with E-state index in [0.29, 0.717) is 6.04 Å². The average molecular weight is 251 g/mol. The van der Waals surface area contributed by atoms with Crippen molar-refractivity contribution in [2.45, 2.75) is 66.5 Å². The summed E-state index contributed by atoms with van der Waals surface area (Å²) in [5.41, 5.74) is 1.58. The Balaban J connectivity index is 2.97. The Morgan fingerprint density at radius 2 is 2.00 bits per heavy atom. The summed E-state index contributed by atoms with van der Waals surface area (Å²) in [6.45, 7) is 13.4. The van der Waals surface area contributed by atoms with Gasteiger partial charge in [-0.25, -0.2) is 0 Å². The molecular weight excluding hydrogens is 222 g/mol. The standard InChI is InChI=1S/C15H29N3/c1-6-10-16-14(15(4,5)8-3)13-9-11-17-18(13)12-7-2/h9,11,14,16H,6-8,10,12H2,1-5H3. The van der Waals surface area contributed by atoms with Crippen LogP contribution in [0.4, 0.5) is 0 Å². The molecule has 0 aromatic carbocycles. The van der Waals surface area contributed by atoms with E-state index in [2.05, 4.69) is 55.8 Å². The van der Waals surface area contributed by atoms with Gasteiger partial charge >= 0.3 is 0 Å². The third-order valence-electron chi connectivity index (χ3n) is 3.77. The van der Waals surface area contributed by atoms with Gasteiger partial charge in [-0.2, -0.15) is 5.10 Å². The first-order chi connectivity index (χ1) is 8.56. The second-order valence-electron chi connectivity index (χ2n) is 5.71. The Morgan fingerprint density at radius 1 is 1.28 bits per heavy atom. The Hall–Kier alpha value is -0.830. The minimum Gasteiger partial charge on any atom is -0.308 e. The smallest absolute Gasteiger partial charge is 0.0559 e. The number of nitrogens with zero attached hydrogens (tertiary/aromatic N) is 2. The van der Waals surface area contributed by atoms with Crippen LogP contribution in [0.15, 0.2) is 12.3 Å². The molecule has 0 bridgehead atoms. The Morgan fingerprint density at radius 3 is 2.56 bits per heavy atom. The van der Waals surface area contributed by atoms with Crippen molar-refractivity contribution in [3.8, 4) is 0 Å². The molecule has 1 N–H and O–H groups in total. The molecule has 3 heteroatoms. The van der Waals surface area contributed by atoms with Crippen molar-refractivity contribution in [2.24, 2.45) is 5.41 Å². The fourth-order valence-corrected chi connectivity index (χ4v) is 2.26. The van der Waals surface area contributed by atoms with E-state index in [0.717, 1.165) is 32.4 Å². The first-order valence-electron chi connectivity index (χ1n) is 7.31. The number of nitrogens with one attached hydrogen (secondary N) is 1. The molecule has 1 heterocycles. The number of aryl methyl sites for hydroxylation is 1. The molecule has 1 rings (SSSR count). The van der Waals surface area contributed by atoms with Crippen molar-refractivity contribution >= 4 is 0 Å². The van der Waals surface area contributed by atoms with E-state index in [9.17, 15) is 0 Å². The van der Waals surface area contributed by atoms with Gasteiger partial charge in [-0.15, -0.1) is 0 Å². The number of hydrogen-bond donors (Lipinski definition) is 1. The molecule has 0 aliphatic carbocycles. The lowest BCUT2D eigenvalue weighted by atomic mass is 9.80. The van der Waals surface area contributed by atoms with E-state index < -0.39 is 0 Å². The highest BCUT2D eigenvalue weighted by Crippen LogP contribution is 2.36. The van der Waals surface area contributed by atoms with Crippen molar-refractivity contribution in [3.63, 3.8) is 0 Å². The highest BCUT2D eigenvalue weighted by atomic mass is 15.3. The molecule has 0 saturated heterocycles. The zero-order chi connectivity index (χ0) is 13.6. The van der Waals surface area contributed by atoms with Gasteiger partial charge in [0.2, 0.25) is 0 Å². The van der Waals surface area contributed by atoms with Gasteiger partial charge in [0.25, 0.3) is 0 Å². The summed E-state index contributed by atoms with van der Waals surface area (Å²) < 4.78 is 2.16. The fourth-order valence-electron chi connectivity index (χ4n) is 2.26. The Labute approximate surface area is 112 Å². The molecule has 0 aliphatic rings. The van der Waals surface area contributed by atoms with Crippen LogP contribution in [0.25, 0.3) is 0 Å². The second-order valence-corrected chi connectivity index (χ2v) is 5.71. The summed E-state index contributed by atoms with van der Waals surface area (Å²) in [7, 11) is 0. The van der Waals surface area contributed by atoms with Gasteiger partial charge in [-0.1, -0.05) is 34.6 Å². The Bertz CT molecular complexity index is 341. The molecule has 0 amide bonds. The highest BCUT2D eigenvalue weighted by molar-refractivity contribution is 5.11. The third-order valence-corrected chi connectivity index (χ3v) is 3.77. The summed E-state index contributed by atoms with van der Waals surface area (Å²) >= 11 is 0. The maximum Gasteiger partial charge on any atom is 0.0559 e. The SMILES string of the molecule is CCCNC(c1ccnn1CCC)C(C)(C)CC. The molecule has 0 aliphatic heterocycles. The normalized spacial score (nSPS) is 13.8. The van der Waals surface area contributed by atoms with Gasteiger partial charge in [0.05, 0.1) is 11.7 Å². The largest absolute Gasteiger partial charge is 0.308 e. The minimum absolute atomic E-state index is 0.251.